The van der Waals surface area contributed by atoms with E-state index in [1.54, 1.807) is 6.20 Å². The maximum Gasteiger partial charge on any atom is 0.224 e. The second kappa shape index (κ2) is 4.99. The monoisotopic (exact) mass is 273 g/mol. The minimum Gasteiger partial charge on any atom is -0.355 e. The Morgan fingerprint density at radius 2 is 2.00 bits per heavy atom. The van der Waals surface area contributed by atoms with Gasteiger partial charge in [-0.2, -0.15) is 4.98 Å². The van der Waals surface area contributed by atoms with Crippen molar-refractivity contribution in [1.29, 1.82) is 0 Å². The Bertz CT molecular complexity index is 407. The molecular formula is C12H17Cl2N3. The van der Waals surface area contributed by atoms with Gasteiger partial charge in [0.05, 0.1) is 6.20 Å². The molecule has 5 heteroatoms. The molecule has 0 unspecified atom stereocenters. The topological polar surface area (TPSA) is 29.0 Å². The van der Waals surface area contributed by atoms with E-state index in [4.69, 9.17) is 23.2 Å². The van der Waals surface area contributed by atoms with E-state index in [-0.39, 0.29) is 5.28 Å². The highest BCUT2D eigenvalue weighted by Crippen LogP contribution is 2.33. The van der Waals surface area contributed by atoms with Crippen LogP contribution in [0.5, 0.6) is 0 Å². The van der Waals surface area contributed by atoms with Crippen LogP contribution in [0, 0.1) is 5.41 Å². The van der Waals surface area contributed by atoms with E-state index in [2.05, 4.69) is 28.7 Å². The Morgan fingerprint density at radius 1 is 1.24 bits per heavy atom. The van der Waals surface area contributed by atoms with Gasteiger partial charge in [0.25, 0.3) is 0 Å². The summed E-state index contributed by atoms with van der Waals surface area (Å²) in [7, 11) is 0. The minimum absolute atomic E-state index is 0.257. The Hall–Kier alpha value is -0.540. The Labute approximate surface area is 112 Å². The highest BCUT2D eigenvalue weighted by molar-refractivity contribution is 6.33. The van der Waals surface area contributed by atoms with Gasteiger partial charge in [-0.25, -0.2) is 4.98 Å². The number of hydrogen-bond acceptors (Lipinski definition) is 3. The van der Waals surface area contributed by atoms with E-state index >= 15 is 0 Å². The maximum atomic E-state index is 6.13. The van der Waals surface area contributed by atoms with Gasteiger partial charge in [0.2, 0.25) is 5.28 Å². The number of nitrogens with zero attached hydrogens (tertiary/aromatic N) is 3. The third kappa shape index (κ3) is 3.23. The standard InChI is InChI=1S/C12H17Cl2N3/c1-12(2)4-3-6-17(7-5-12)10-9(13)8-15-11(14)16-10/h8H,3-7H2,1-2H3. The van der Waals surface area contributed by atoms with Crippen molar-refractivity contribution in [3.63, 3.8) is 0 Å². The van der Waals surface area contributed by atoms with Crippen LogP contribution in [0.1, 0.15) is 33.1 Å². The van der Waals surface area contributed by atoms with E-state index in [0.717, 1.165) is 31.7 Å². The van der Waals surface area contributed by atoms with Crippen LogP contribution in [0.4, 0.5) is 5.82 Å². The summed E-state index contributed by atoms with van der Waals surface area (Å²) in [5, 5.41) is 0.835. The van der Waals surface area contributed by atoms with Crippen molar-refractivity contribution in [3.05, 3.63) is 16.5 Å². The molecule has 0 spiro atoms. The number of anilines is 1. The quantitative estimate of drug-likeness (QED) is 0.729. The average molecular weight is 274 g/mol. The first-order chi connectivity index (χ1) is 7.98. The molecule has 0 bridgehead atoms. The van der Waals surface area contributed by atoms with Crippen LogP contribution in [-0.4, -0.2) is 23.1 Å². The van der Waals surface area contributed by atoms with Gasteiger partial charge < -0.3 is 4.90 Å². The Morgan fingerprint density at radius 3 is 2.76 bits per heavy atom. The lowest BCUT2D eigenvalue weighted by molar-refractivity contribution is 0.325. The van der Waals surface area contributed by atoms with Crippen molar-refractivity contribution in [3.8, 4) is 0 Å². The number of halogens is 2. The van der Waals surface area contributed by atoms with E-state index in [0.29, 0.717) is 10.4 Å². The van der Waals surface area contributed by atoms with E-state index in [1.807, 2.05) is 0 Å². The normalized spacial score (nSPS) is 20.1. The number of hydrogen-bond donors (Lipinski definition) is 0. The highest BCUT2D eigenvalue weighted by atomic mass is 35.5. The lowest BCUT2D eigenvalue weighted by atomic mass is 9.85. The summed E-state index contributed by atoms with van der Waals surface area (Å²) >= 11 is 12.0. The number of aromatic nitrogens is 2. The van der Waals surface area contributed by atoms with Gasteiger partial charge in [-0.15, -0.1) is 0 Å². The van der Waals surface area contributed by atoms with Crippen molar-refractivity contribution < 1.29 is 0 Å². The maximum absolute atomic E-state index is 6.13. The zero-order valence-electron chi connectivity index (χ0n) is 10.2. The molecule has 1 aliphatic heterocycles. The largest absolute Gasteiger partial charge is 0.355 e. The number of rotatable bonds is 1. The van der Waals surface area contributed by atoms with Gasteiger partial charge in [0, 0.05) is 13.1 Å². The molecule has 1 aromatic heterocycles. The van der Waals surface area contributed by atoms with Gasteiger partial charge in [-0.1, -0.05) is 25.4 Å². The van der Waals surface area contributed by atoms with E-state index in [1.165, 1.54) is 6.42 Å². The predicted molar refractivity (Wildman–Crippen MR) is 71.9 cm³/mol. The smallest absolute Gasteiger partial charge is 0.224 e. The molecular weight excluding hydrogens is 257 g/mol. The Kier molecular flexibility index (Phi) is 3.79. The Balaban J connectivity index is 2.19. The molecule has 0 atom stereocenters. The van der Waals surface area contributed by atoms with Crippen LogP contribution in [0.3, 0.4) is 0 Å². The second-order valence-electron chi connectivity index (χ2n) is 5.32. The molecule has 1 aromatic rings. The minimum atomic E-state index is 0.257. The molecule has 2 heterocycles. The van der Waals surface area contributed by atoms with Crippen molar-refractivity contribution in [2.45, 2.75) is 33.1 Å². The summed E-state index contributed by atoms with van der Waals surface area (Å²) in [4.78, 5) is 10.3. The molecule has 0 saturated carbocycles. The first-order valence-electron chi connectivity index (χ1n) is 5.91. The SMILES string of the molecule is CC1(C)CCCN(c2nc(Cl)ncc2Cl)CC1. The van der Waals surface area contributed by atoms with Gasteiger partial charge in [0.1, 0.15) is 5.02 Å². The summed E-state index contributed by atoms with van der Waals surface area (Å²) in [6.45, 7) is 6.58. The van der Waals surface area contributed by atoms with Crippen molar-refractivity contribution in [1.82, 2.24) is 9.97 Å². The molecule has 0 N–H and O–H groups in total. The summed E-state index contributed by atoms with van der Waals surface area (Å²) < 4.78 is 0. The van der Waals surface area contributed by atoms with E-state index < -0.39 is 0 Å². The summed E-state index contributed by atoms with van der Waals surface area (Å²) in [6.07, 6.45) is 5.11. The third-order valence-electron chi connectivity index (χ3n) is 3.34. The molecule has 1 saturated heterocycles. The third-order valence-corrected chi connectivity index (χ3v) is 3.78. The average Bonchev–Trinajstić information content (AvgIpc) is 2.43. The summed E-state index contributed by atoms with van der Waals surface area (Å²) in [5.41, 5.74) is 0.401. The van der Waals surface area contributed by atoms with Crippen molar-refractivity contribution in [2.75, 3.05) is 18.0 Å². The first kappa shape index (κ1) is 12.9. The molecule has 1 aliphatic rings. The van der Waals surface area contributed by atoms with Gasteiger partial charge in [-0.3, -0.25) is 0 Å². The van der Waals surface area contributed by atoms with Crippen LogP contribution >= 0.6 is 23.2 Å². The molecule has 0 radical (unpaired) electrons. The van der Waals surface area contributed by atoms with Crippen LogP contribution in [0.2, 0.25) is 10.3 Å². The van der Waals surface area contributed by atoms with Gasteiger partial charge in [-0.05, 0) is 36.3 Å². The lowest BCUT2D eigenvalue weighted by Crippen LogP contribution is -2.26. The van der Waals surface area contributed by atoms with Crippen LogP contribution < -0.4 is 4.90 Å². The predicted octanol–water partition coefficient (Wildman–Crippen LogP) is 3.80. The molecule has 1 fully saturated rings. The molecule has 17 heavy (non-hydrogen) atoms. The summed E-state index contributed by atoms with van der Waals surface area (Å²) in [5.74, 6) is 0.768. The first-order valence-corrected chi connectivity index (χ1v) is 6.66. The van der Waals surface area contributed by atoms with Gasteiger partial charge >= 0.3 is 0 Å². The van der Waals surface area contributed by atoms with Crippen molar-refractivity contribution in [2.24, 2.45) is 5.41 Å². The van der Waals surface area contributed by atoms with E-state index in [9.17, 15) is 0 Å². The van der Waals surface area contributed by atoms with Crippen LogP contribution in [0.25, 0.3) is 0 Å². The zero-order chi connectivity index (χ0) is 12.5. The fourth-order valence-corrected chi connectivity index (χ4v) is 2.53. The zero-order valence-corrected chi connectivity index (χ0v) is 11.7. The summed E-state index contributed by atoms with van der Waals surface area (Å²) in [6, 6.07) is 0. The molecule has 0 aliphatic carbocycles. The lowest BCUT2D eigenvalue weighted by Gasteiger charge is -2.24. The molecule has 2 rings (SSSR count). The van der Waals surface area contributed by atoms with Gasteiger partial charge in [0.15, 0.2) is 5.82 Å². The molecule has 3 nitrogen and oxygen atoms in total. The fourth-order valence-electron chi connectivity index (χ4n) is 2.19. The highest BCUT2D eigenvalue weighted by Gasteiger charge is 2.24. The molecule has 0 amide bonds. The van der Waals surface area contributed by atoms with Crippen LogP contribution in [0.15, 0.2) is 6.20 Å². The molecule has 0 aromatic carbocycles. The fraction of sp³-hybridized carbons (Fsp3) is 0.667. The molecule has 94 valence electrons. The van der Waals surface area contributed by atoms with Crippen LogP contribution in [-0.2, 0) is 0 Å². The van der Waals surface area contributed by atoms with Crippen molar-refractivity contribution >= 4 is 29.0 Å². The second-order valence-corrected chi connectivity index (χ2v) is 6.06.